The first kappa shape index (κ1) is 12.2. The van der Waals surface area contributed by atoms with Crippen molar-refractivity contribution in [1.29, 1.82) is 0 Å². The third kappa shape index (κ3) is 2.90. The third-order valence-corrected chi connectivity index (χ3v) is 3.22. The maximum Gasteiger partial charge on any atom is 0.248 e. The van der Waals surface area contributed by atoms with E-state index in [1.807, 2.05) is 6.07 Å². The summed E-state index contributed by atoms with van der Waals surface area (Å²) >= 11 is 6.19. The molecule has 92 valence electrons. The van der Waals surface area contributed by atoms with Gasteiger partial charge in [-0.1, -0.05) is 11.6 Å². The van der Waals surface area contributed by atoms with Gasteiger partial charge in [0.1, 0.15) is 0 Å². The zero-order chi connectivity index (χ0) is 12.3. The van der Waals surface area contributed by atoms with E-state index in [9.17, 15) is 4.79 Å². The highest BCUT2D eigenvalue weighted by atomic mass is 35.5. The molecule has 17 heavy (non-hydrogen) atoms. The molecule has 1 aliphatic heterocycles. The third-order valence-electron chi connectivity index (χ3n) is 2.91. The van der Waals surface area contributed by atoms with E-state index in [2.05, 4.69) is 10.2 Å². The first-order valence-corrected chi connectivity index (χ1v) is 6.11. The Labute approximate surface area is 106 Å². The van der Waals surface area contributed by atoms with Gasteiger partial charge < -0.3 is 16.0 Å². The molecule has 1 amide bonds. The molecule has 3 N–H and O–H groups in total. The van der Waals surface area contributed by atoms with Gasteiger partial charge in [-0.05, 0) is 31.2 Å². The highest BCUT2D eigenvalue weighted by molar-refractivity contribution is 6.33. The van der Waals surface area contributed by atoms with E-state index in [4.69, 9.17) is 17.3 Å². The fraction of sp³-hybridized carbons (Fsp3) is 0.417. The number of amides is 1. The number of carbonyl (C=O) groups excluding carboxylic acids is 1. The van der Waals surface area contributed by atoms with Gasteiger partial charge in [0.2, 0.25) is 5.91 Å². The summed E-state index contributed by atoms with van der Waals surface area (Å²) in [6, 6.07) is 5.23. The lowest BCUT2D eigenvalue weighted by molar-refractivity contribution is 0.100. The molecule has 1 saturated heterocycles. The Hall–Kier alpha value is -1.26. The van der Waals surface area contributed by atoms with Gasteiger partial charge in [-0.25, -0.2) is 0 Å². The lowest BCUT2D eigenvalue weighted by Gasteiger charge is -2.23. The van der Waals surface area contributed by atoms with Gasteiger partial charge in [0.25, 0.3) is 0 Å². The molecule has 0 bridgehead atoms. The van der Waals surface area contributed by atoms with Crippen LogP contribution in [0.2, 0.25) is 5.02 Å². The van der Waals surface area contributed by atoms with Crippen LogP contribution in [0.25, 0.3) is 0 Å². The van der Waals surface area contributed by atoms with Crippen molar-refractivity contribution in [2.24, 2.45) is 5.73 Å². The van der Waals surface area contributed by atoms with Crippen molar-refractivity contribution in [2.75, 3.05) is 31.1 Å². The van der Waals surface area contributed by atoms with Crippen LogP contribution < -0.4 is 16.0 Å². The standard InChI is InChI=1S/C12H16ClN3O/c13-10-8-9(12(14)17)2-3-11(10)16-6-1-4-15-5-7-16/h2-3,8,15H,1,4-7H2,(H2,14,17). The second kappa shape index (κ2) is 5.38. The zero-order valence-electron chi connectivity index (χ0n) is 9.58. The molecule has 1 aliphatic rings. The molecule has 4 nitrogen and oxygen atoms in total. The van der Waals surface area contributed by atoms with E-state index < -0.39 is 5.91 Å². The molecule has 0 unspecified atom stereocenters. The molecule has 2 rings (SSSR count). The number of nitrogens with one attached hydrogen (secondary N) is 1. The van der Waals surface area contributed by atoms with Crippen LogP contribution in [0, 0.1) is 0 Å². The van der Waals surface area contributed by atoms with Gasteiger partial charge >= 0.3 is 0 Å². The van der Waals surface area contributed by atoms with Crippen molar-refractivity contribution in [3.8, 4) is 0 Å². The number of primary amides is 1. The molecule has 0 spiro atoms. The van der Waals surface area contributed by atoms with E-state index in [-0.39, 0.29) is 0 Å². The lowest BCUT2D eigenvalue weighted by Crippen LogP contribution is -2.28. The van der Waals surface area contributed by atoms with E-state index in [0.29, 0.717) is 10.6 Å². The monoisotopic (exact) mass is 253 g/mol. The highest BCUT2D eigenvalue weighted by Gasteiger charge is 2.13. The molecule has 0 saturated carbocycles. The molecule has 0 aromatic heterocycles. The Kier molecular flexibility index (Phi) is 3.86. The summed E-state index contributed by atoms with van der Waals surface area (Å²) in [6.07, 6.45) is 1.09. The minimum atomic E-state index is -0.448. The summed E-state index contributed by atoms with van der Waals surface area (Å²) in [6.45, 7) is 3.89. The quantitative estimate of drug-likeness (QED) is 0.834. The van der Waals surface area contributed by atoms with Crippen molar-refractivity contribution in [3.05, 3.63) is 28.8 Å². The van der Waals surface area contributed by atoms with E-state index in [1.165, 1.54) is 0 Å². The number of anilines is 1. The Morgan fingerprint density at radius 1 is 1.35 bits per heavy atom. The first-order valence-electron chi connectivity index (χ1n) is 5.73. The summed E-state index contributed by atoms with van der Waals surface area (Å²) in [5.41, 5.74) is 6.64. The zero-order valence-corrected chi connectivity index (χ0v) is 10.3. The van der Waals surface area contributed by atoms with Crippen LogP contribution in [0.15, 0.2) is 18.2 Å². The molecule has 1 heterocycles. The van der Waals surface area contributed by atoms with E-state index >= 15 is 0 Å². The maximum absolute atomic E-state index is 11.0. The minimum absolute atomic E-state index is 0.448. The number of carbonyl (C=O) groups is 1. The van der Waals surface area contributed by atoms with Crippen LogP contribution in [0.1, 0.15) is 16.8 Å². The average Bonchev–Trinajstić information content (AvgIpc) is 2.57. The fourth-order valence-electron chi connectivity index (χ4n) is 2.00. The van der Waals surface area contributed by atoms with Crippen molar-refractivity contribution in [3.63, 3.8) is 0 Å². The second-order valence-corrected chi connectivity index (χ2v) is 4.53. The Balaban J connectivity index is 2.22. The molecule has 0 aliphatic carbocycles. The topological polar surface area (TPSA) is 58.4 Å². The lowest BCUT2D eigenvalue weighted by atomic mass is 10.2. The predicted octanol–water partition coefficient (Wildman–Crippen LogP) is 1.24. The number of nitrogens with zero attached hydrogens (tertiary/aromatic N) is 1. The average molecular weight is 254 g/mol. The second-order valence-electron chi connectivity index (χ2n) is 4.12. The molecule has 1 fully saturated rings. The SMILES string of the molecule is NC(=O)c1ccc(N2CCCNCC2)c(Cl)c1. The molecular weight excluding hydrogens is 238 g/mol. The fourth-order valence-corrected chi connectivity index (χ4v) is 2.30. The van der Waals surface area contributed by atoms with Crippen LogP contribution in [0.5, 0.6) is 0 Å². The predicted molar refractivity (Wildman–Crippen MR) is 69.7 cm³/mol. The van der Waals surface area contributed by atoms with Gasteiger partial charge in [0.05, 0.1) is 10.7 Å². The number of hydrogen-bond acceptors (Lipinski definition) is 3. The van der Waals surface area contributed by atoms with Crippen LogP contribution in [0.4, 0.5) is 5.69 Å². The normalized spacial score (nSPS) is 16.6. The maximum atomic E-state index is 11.0. The van der Waals surface area contributed by atoms with Gasteiger partial charge in [-0.3, -0.25) is 4.79 Å². The number of hydrogen-bond donors (Lipinski definition) is 2. The van der Waals surface area contributed by atoms with E-state index in [0.717, 1.165) is 38.3 Å². The summed E-state index contributed by atoms with van der Waals surface area (Å²) < 4.78 is 0. The highest BCUT2D eigenvalue weighted by Crippen LogP contribution is 2.27. The van der Waals surface area contributed by atoms with Gasteiger partial charge in [0.15, 0.2) is 0 Å². The Bertz CT molecular complexity index is 414. The summed E-state index contributed by atoms with van der Waals surface area (Å²) in [5, 5.41) is 3.92. The van der Waals surface area contributed by atoms with Crippen molar-refractivity contribution >= 4 is 23.2 Å². The van der Waals surface area contributed by atoms with Crippen LogP contribution >= 0.6 is 11.6 Å². The van der Waals surface area contributed by atoms with Crippen LogP contribution in [-0.2, 0) is 0 Å². The first-order chi connectivity index (χ1) is 8.18. The van der Waals surface area contributed by atoms with Gasteiger partial charge in [-0.15, -0.1) is 0 Å². The number of rotatable bonds is 2. The van der Waals surface area contributed by atoms with Crippen LogP contribution in [-0.4, -0.2) is 32.1 Å². The summed E-state index contributed by atoms with van der Waals surface area (Å²) in [7, 11) is 0. The molecular formula is C12H16ClN3O. The molecule has 5 heteroatoms. The van der Waals surface area contributed by atoms with Crippen molar-refractivity contribution in [2.45, 2.75) is 6.42 Å². The minimum Gasteiger partial charge on any atom is -0.369 e. The van der Waals surface area contributed by atoms with Gasteiger partial charge in [-0.2, -0.15) is 0 Å². The Morgan fingerprint density at radius 3 is 2.88 bits per heavy atom. The smallest absolute Gasteiger partial charge is 0.248 e. The summed E-state index contributed by atoms with van der Waals surface area (Å²) in [5.74, 6) is -0.448. The van der Waals surface area contributed by atoms with Gasteiger partial charge in [0, 0.05) is 25.2 Å². The largest absolute Gasteiger partial charge is 0.369 e. The number of halogens is 1. The Morgan fingerprint density at radius 2 is 2.18 bits per heavy atom. The summed E-state index contributed by atoms with van der Waals surface area (Å²) in [4.78, 5) is 13.3. The molecule has 1 aromatic rings. The molecule has 1 aromatic carbocycles. The van der Waals surface area contributed by atoms with E-state index in [1.54, 1.807) is 12.1 Å². The number of benzene rings is 1. The number of nitrogens with two attached hydrogens (primary N) is 1. The van der Waals surface area contributed by atoms with Crippen molar-refractivity contribution < 1.29 is 4.79 Å². The molecule has 0 radical (unpaired) electrons. The molecule has 0 atom stereocenters. The van der Waals surface area contributed by atoms with Crippen LogP contribution in [0.3, 0.4) is 0 Å². The van der Waals surface area contributed by atoms with Crippen molar-refractivity contribution in [1.82, 2.24) is 5.32 Å².